The van der Waals surface area contributed by atoms with E-state index in [4.69, 9.17) is 4.42 Å². The van der Waals surface area contributed by atoms with E-state index in [0.29, 0.717) is 5.92 Å². The summed E-state index contributed by atoms with van der Waals surface area (Å²) < 4.78 is 6.48. The van der Waals surface area contributed by atoms with Gasteiger partial charge in [-0.3, -0.25) is 0 Å². The number of rotatable bonds is 3. The van der Waals surface area contributed by atoms with Crippen molar-refractivity contribution in [2.24, 2.45) is 0 Å². The molecular formula is C46H30O. The number of hydrogen-bond acceptors (Lipinski definition) is 1. The Morgan fingerprint density at radius 3 is 1.74 bits per heavy atom. The number of furan rings is 1. The number of fused-ring (bicyclic) bond motifs is 8. The minimum Gasteiger partial charge on any atom is -0.455 e. The molecule has 10 rings (SSSR count). The maximum Gasteiger partial charge on any atom is 0.143 e. The van der Waals surface area contributed by atoms with Crippen LogP contribution in [0, 0.1) is 0 Å². The molecule has 0 amide bonds. The lowest BCUT2D eigenvalue weighted by atomic mass is 9.85. The van der Waals surface area contributed by atoms with Gasteiger partial charge in [0, 0.05) is 22.1 Å². The van der Waals surface area contributed by atoms with Crippen LogP contribution in [-0.2, 0) is 0 Å². The van der Waals surface area contributed by atoms with E-state index in [0.717, 1.165) is 27.3 Å². The van der Waals surface area contributed by atoms with Crippen LogP contribution in [-0.4, -0.2) is 0 Å². The van der Waals surface area contributed by atoms with Crippen LogP contribution in [0.1, 0.15) is 29.5 Å². The van der Waals surface area contributed by atoms with Gasteiger partial charge in [-0.2, -0.15) is 0 Å². The van der Waals surface area contributed by atoms with E-state index in [1.807, 2.05) is 0 Å². The van der Waals surface area contributed by atoms with Gasteiger partial charge < -0.3 is 4.42 Å². The van der Waals surface area contributed by atoms with Gasteiger partial charge in [-0.05, 0) is 95.7 Å². The van der Waals surface area contributed by atoms with E-state index in [1.165, 1.54) is 71.4 Å². The highest BCUT2D eigenvalue weighted by atomic mass is 16.3. The maximum absolute atomic E-state index is 6.48. The Labute approximate surface area is 273 Å². The zero-order valence-corrected chi connectivity index (χ0v) is 26.0. The van der Waals surface area contributed by atoms with Crippen molar-refractivity contribution in [3.8, 4) is 22.3 Å². The third-order valence-corrected chi connectivity index (χ3v) is 10.3. The first kappa shape index (κ1) is 26.3. The van der Waals surface area contributed by atoms with Gasteiger partial charge in [0.05, 0.1) is 0 Å². The zero-order valence-electron chi connectivity index (χ0n) is 26.0. The molecule has 1 heteroatoms. The first-order valence-electron chi connectivity index (χ1n) is 16.4. The fraction of sp³-hybridized carbons (Fsp3) is 0.0435. The normalized spacial score (nSPS) is 14.4. The predicted molar refractivity (Wildman–Crippen MR) is 200 cm³/mol. The van der Waals surface area contributed by atoms with E-state index < -0.39 is 0 Å². The van der Waals surface area contributed by atoms with Gasteiger partial charge in [0.15, 0.2) is 0 Å². The number of benzene rings is 8. The largest absolute Gasteiger partial charge is 0.455 e. The van der Waals surface area contributed by atoms with Gasteiger partial charge in [0.2, 0.25) is 0 Å². The average Bonchev–Trinajstić information content (AvgIpc) is 3.67. The molecule has 0 bridgehead atoms. The van der Waals surface area contributed by atoms with Gasteiger partial charge in [-0.15, -0.1) is 0 Å². The molecule has 0 aliphatic heterocycles. The quantitative estimate of drug-likeness (QED) is 0.184. The van der Waals surface area contributed by atoms with Gasteiger partial charge in [-0.1, -0.05) is 140 Å². The molecule has 0 saturated carbocycles. The summed E-state index contributed by atoms with van der Waals surface area (Å²) in [6, 6.07) is 55.3. The molecule has 8 aromatic carbocycles. The Balaban J connectivity index is 1.21. The van der Waals surface area contributed by atoms with Gasteiger partial charge in [-0.25, -0.2) is 0 Å². The molecule has 1 aliphatic carbocycles. The monoisotopic (exact) mass is 598 g/mol. The SMILES string of the molecule is CC1C(c2ccccc2)=Cc2cc(-c3c4ccccc4c(-c4ccc5oc6c7ccccc7ccc6c5c4)c4ccccc34)ccc21. The molecule has 0 N–H and O–H groups in total. The number of hydrogen-bond donors (Lipinski definition) is 0. The summed E-state index contributed by atoms with van der Waals surface area (Å²) in [6.07, 6.45) is 2.39. The van der Waals surface area contributed by atoms with Gasteiger partial charge in [0.25, 0.3) is 0 Å². The first-order chi connectivity index (χ1) is 23.2. The topological polar surface area (TPSA) is 13.1 Å². The van der Waals surface area contributed by atoms with Crippen molar-refractivity contribution in [3.05, 3.63) is 168 Å². The molecule has 1 unspecified atom stereocenters. The highest BCUT2D eigenvalue weighted by Gasteiger charge is 2.24. The Kier molecular flexibility index (Phi) is 5.62. The molecule has 0 fully saturated rings. The minimum absolute atomic E-state index is 0.365. The van der Waals surface area contributed by atoms with Crippen LogP contribution < -0.4 is 0 Å². The molecule has 9 aromatic rings. The molecule has 220 valence electrons. The van der Waals surface area contributed by atoms with Crippen LogP contribution in [0.25, 0.3) is 88.2 Å². The van der Waals surface area contributed by atoms with Crippen LogP contribution in [0.4, 0.5) is 0 Å². The molecule has 0 radical (unpaired) electrons. The lowest BCUT2D eigenvalue weighted by Crippen LogP contribution is -1.94. The zero-order chi connectivity index (χ0) is 31.1. The van der Waals surface area contributed by atoms with Crippen molar-refractivity contribution in [3.63, 3.8) is 0 Å². The van der Waals surface area contributed by atoms with E-state index in [2.05, 4.69) is 165 Å². The molecule has 1 heterocycles. The third kappa shape index (κ3) is 3.90. The second-order valence-electron chi connectivity index (χ2n) is 12.8. The molecular weight excluding hydrogens is 569 g/mol. The summed E-state index contributed by atoms with van der Waals surface area (Å²) in [6.45, 7) is 2.33. The summed E-state index contributed by atoms with van der Waals surface area (Å²) >= 11 is 0. The maximum atomic E-state index is 6.48. The summed E-state index contributed by atoms with van der Waals surface area (Å²) in [4.78, 5) is 0. The standard InChI is InChI=1S/C46H30O/c1-28-34-22-20-31(25-33(34)27-41(28)29-11-3-2-4-12-29)44-36-15-7-9-17-38(36)45(39-18-10-8-16-37(39)44)32-21-24-43-42(26-32)40-23-19-30-13-5-6-14-35(30)46(40)47-43/h2-28H,1H3. The summed E-state index contributed by atoms with van der Waals surface area (Å²) in [5.74, 6) is 0.365. The van der Waals surface area contributed by atoms with Crippen molar-refractivity contribution in [1.29, 1.82) is 0 Å². The average molecular weight is 599 g/mol. The number of allylic oxidation sites excluding steroid dienone is 1. The molecule has 1 aliphatic rings. The Morgan fingerprint density at radius 2 is 1.04 bits per heavy atom. The second-order valence-corrected chi connectivity index (χ2v) is 12.8. The highest BCUT2D eigenvalue weighted by Crippen LogP contribution is 2.47. The van der Waals surface area contributed by atoms with E-state index in [1.54, 1.807) is 0 Å². The van der Waals surface area contributed by atoms with Crippen LogP contribution in [0.15, 0.2) is 156 Å². The van der Waals surface area contributed by atoms with Crippen LogP contribution >= 0.6 is 0 Å². The van der Waals surface area contributed by atoms with Gasteiger partial charge in [0.1, 0.15) is 11.2 Å². The van der Waals surface area contributed by atoms with Crippen molar-refractivity contribution in [2.45, 2.75) is 12.8 Å². The van der Waals surface area contributed by atoms with E-state index in [9.17, 15) is 0 Å². The summed E-state index contributed by atoms with van der Waals surface area (Å²) in [5.41, 5.74) is 12.3. The predicted octanol–water partition coefficient (Wildman–Crippen LogP) is 13.0. The summed E-state index contributed by atoms with van der Waals surface area (Å²) in [5, 5.41) is 9.69. The molecule has 1 aromatic heterocycles. The van der Waals surface area contributed by atoms with E-state index in [-0.39, 0.29) is 0 Å². The summed E-state index contributed by atoms with van der Waals surface area (Å²) in [7, 11) is 0. The van der Waals surface area contributed by atoms with E-state index >= 15 is 0 Å². The molecule has 0 saturated heterocycles. The molecule has 1 nitrogen and oxygen atoms in total. The van der Waals surface area contributed by atoms with Crippen LogP contribution in [0.5, 0.6) is 0 Å². The lowest BCUT2D eigenvalue weighted by molar-refractivity contribution is 0.672. The van der Waals surface area contributed by atoms with Crippen molar-refractivity contribution < 1.29 is 4.42 Å². The Bertz CT molecular complexity index is 2690. The lowest BCUT2D eigenvalue weighted by Gasteiger charge is -2.18. The Morgan fingerprint density at radius 1 is 0.447 bits per heavy atom. The van der Waals surface area contributed by atoms with Crippen molar-refractivity contribution in [2.75, 3.05) is 0 Å². The first-order valence-corrected chi connectivity index (χ1v) is 16.4. The minimum atomic E-state index is 0.365. The molecule has 1 atom stereocenters. The smallest absolute Gasteiger partial charge is 0.143 e. The highest BCUT2D eigenvalue weighted by molar-refractivity contribution is 6.23. The third-order valence-electron chi connectivity index (χ3n) is 10.3. The fourth-order valence-corrected chi connectivity index (χ4v) is 8.08. The second kappa shape index (κ2) is 10.0. The van der Waals surface area contributed by atoms with Crippen LogP contribution in [0.3, 0.4) is 0 Å². The van der Waals surface area contributed by atoms with Crippen molar-refractivity contribution in [1.82, 2.24) is 0 Å². The van der Waals surface area contributed by atoms with Crippen LogP contribution in [0.2, 0.25) is 0 Å². The molecule has 0 spiro atoms. The van der Waals surface area contributed by atoms with Gasteiger partial charge >= 0.3 is 0 Å². The fourth-order valence-electron chi connectivity index (χ4n) is 8.08. The molecule has 47 heavy (non-hydrogen) atoms. The van der Waals surface area contributed by atoms with Crippen molar-refractivity contribution >= 4 is 65.9 Å². The Hall–Kier alpha value is -5.92.